The molecule has 35 heavy (non-hydrogen) atoms. The lowest BCUT2D eigenvalue weighted by Gasteiger charge is -2.11. The zero-order valence-corrected chi connectivity index (χ0v) is 19.9. The Hall–Kier alpha value is -4.59. The molecule has 0 atom stereocenters. The number of carbonyl (C=O) groups is 1. The van der Waals surface area contributed by atoms with Crippen molar-refractivity contribution >= 4 is 39.6 Å². The molecule has 0 aliphatic rings. The van der Waals surface area contributed by atoms with Crippen molar-refractivity contribution < 1.29 is 14.3 Å². The molecular weight excluding hydrogens is 442 g/mol. The number of nitrogens with two attached hydrogens (primary N) is 1. The van der Waals surface area contributed by atoms with Gasteiger partial charge in [0.25, 0.3) is 5.91 Å². The molecule has 5 rings (SSSR count). The highest BCUT2D eigenvalue weighted by Gasteiger charge is 2.25. The van der Waals surface area contributed by atoms with E-state index in [4.69, 9.17) is 25.2 Å². The van der Waals surface area contributed by atoms with Gasteiger partial charge in [-0.15, -0.1) is 0 Å². The second-order valence-electron chi connectivity index (χ2n) is 8.27. The molecule has 0 spiro atoms. The quantitative estimate of drug-likeness (QED) is 0.375. The van der Waals surface area contributed by atoms with Crippen LogP contribution in [0.15, 0.2) is 60.7 Å². The molecule has 0 saturated carbocycles. The summed E-state index contributed by atoms with van der Waals surface area (Å²) in [6.07, 6.45) is 0. The Labute approximate surface area is 202 Å². The van der Waals surface area contributed by atoms with Gasteiger partial charge in [0.2, 0.25) is 0 Å². The number of amides is 1. The summed E-state index contributed by atoms with van der Waals surface area (Å²) in [5.41, 5.74) is 12.8. The lowest BCUT2D eigenvalue weighted by atomic mass is 10.1. The SMILES string of the molecule is COc1ccc(NC(=O)c2c(N)n(-c3ccc(C)c(C)c3)c3nc4ccccc4nc23)cc1OC. The van der Waals surface area contributed by atoms with Crippen LogP contribution < -0.4 is 20.5 Å². The number of aromatic nitrogens is 3. The van der Waals surface area contributed by atoms with Crippen molar-refractivity contribution in [2.75, 3.05) is 25.3 Å². The molecule has 0 saturated heterocycles. The molecular formula is C27H25N5O3. The van der Waals surface area contributed by atoms with E-state index in [-0.39, 0.29) is 11.4 Å². The summed E-state index contributed by atoms with van der Waals surface area (Å²) in [7, 11) is 3.10. The predicted octanol–water partition coefficient (Wildman–Crippen LogP) is 5.04. The standard InChI is InChI=1S/C27H25N5O3/c1-15-9-11-18(13-16(15)2)32-25(28)23(24-26(32)31-20-8-6-5-7-19(20)30-24)27(33)29-17-10-12-21(34-3)22(14-17)35-4/h5-14H,28H2,1-4H3,(H,29,33). The van der Waals surface area contributed by atoms with E-state index in [0.717, 1.165) is 22.3 Å². The highest BCUT2D eigenvalue weighted by molar-refractivity contribution is 6.16. The van der Waals surface area contributed by atoms with Crippen molar-refractivity contribution in [3.8, 4) is 17.2 Å². The zero-order chi connectivity index (χ0) is 24.7. The number of nitrogens with zero attached hydrogens (tertiary/aromatic N) is 3. The first-order valence-electron chi connectivity index (χ1n) is 11.1. The third kappa shape index (κ3) is 3.78. The molecule has 8 heteroatoms. The number of aryl methyl sites for hydroxylation is 2. The number of para-hydroxylation sites is 2. The van der Waals surface area contributed by atoms with Gasteiger partial charge in [0.15, 0.2) is 17.1 Å². The normalized spacial score (nSPS) is 11.1. The van der Waals surface area contributed by atoms with E-state index in [0.29, 0.717) is 33.9 Å². The van der Waals surface area contributed by atoms with Gasteiger partial charge in [0, 0.05) is 17.4 Å². The molecule has 2 aromatic heterocycles. The maximum Gasteiger partial charge on any atom is 0.261 e. The number of nitrogen functional groups attached to an aromatic ring is 1. The molecule has 1 amide bonds. The van der Waals surface area contributed by atoms with Crippen LogP contribution in [0.4, 0.5) is 11.5 Å². The van der Waals surface area contributed by atoms with E-state index in [1.54, 1.807) is 37.0 Å². The average molecular weight is 468 g/mol. The molecule has 0 bridgehead atoms. The minimum absolute atomic E-state index is 0.256. The number of rotatable bonds is 5. The number of benzene rings is 3. The fourth-order valence-corrected chi connectivity index (χ4v) is 4.12. The van der Waals surface area contributed by atoms with Crippen LogP contribution >= 0.6 is 0 Å². The molecule has 0 fully saturated rings. The van der Waals surface area contributed by atoms with Crippen molar-refractivity contribution in [1.29, 1.82) is 0 Å². The van der Waals surface area contributed by atoms with E-state index in [2.05, 4.69) is 5.32 Å². The van der Waals surface area contributed by atoms with Crippen LogP contribution in [-0.2, 0) is 0 Å². The number of fused-ring (bicyclic) bond motifs is 2. The van der Waals surface area contributed by atoms with Crippen molar-refractivity contribution in [2.24, 2.45) is 0 Å². The van der Waals surface area contributed by atoms with Gasteiger partial charge in [-0.3, -0.25) is 9.36 Å². The number of hydrogen-bond acceptors (Lipinski definition) is 6. The molecule has 8 nitrogen and oxygen atoms in total. The van der Waals surface area contributed by atoms with Crippen LogP contribution in [-0.4, -0.2) is 34.7 Å². The zero-order valence-electron chi connectivity index (χ0n) is 19.9. The third-order valence-corrected chi connectivity index (χ3v) is 6.11. The fourth-order valence-electron chi connectivity index (χ4n) is 4.12. The number of carbonyl (C=O) groups excluding carboxylic acids is 1. The lowest BCUT2D eigenvalue weighted by Crippen LogP contribution is -2.14. The van der Waals surface area contributed by atoms with Crippen molar-refractivity contribution in [3.05, 3.63) is 77.4 Å². The predicted molar refractivity (Wildman–Crippen MR) is 138 cm³/mol. The van der Waals surface area contributed by atoms with Gasteiger partial charge in [-0.25, -0.2) is 9.97 Å². The highest BCUT2D eigenvalue weighted by atomic mass is 16.5. The number of methoxy groups -OCH3 is 2. The molecule has 3 aromatic carbocycles. The number of ether oxygens (including phenoxy) is 2. The monoisotopic (exact) mass is 467 g/mol. The van der Waals surface area contributed by atoms with Gasteiger partial charge >= 0.3 is 0 Å². The van der Waals surface area contributed by atoms with Crippen LogP contribution in [0.25, 0.3) is 27.9 Å². The minimum Gasteiger partial charge on any atom is -0.493 e. The number of anilines is 2. The van der Waals surface area contributed by atoms with Crippen LogP contribution in [0, 0.1) is 13.8 Å². The van der Waals surface area contributed by atoms with E-state index in [1.807, 2.05) is 56.3 Å². The van der Waals surface area contributed by atoms with Gasteiger partial charge < -0.3 is 20.5 Å². The van der Waals surface area contributed by atoms with Gasteiger partial charge in [-0.1, -0.05) is 18.2 Å². The number of nitrogens with one attached hydrogen (secondary N) is 1. The average Bonchev–Trinajstić information content (AvgIpc) is 3.14. The first-order valence-corrected chi connectivity index (χ1v) is 11.1. The summed E-state index contributed by atoms with van der Waals surface area (Å²) < 4.78 is 12.4. The Morgan fingerprint density at radius 2 is 1.60 bits per heavy atom. The Morgan fingerprint density at radius 1 is 0.886 bits per heavy atom. The van der Waals surface area contributed by atoms with E-state index in [9.17, 15) is 4.79 Å². The Kier molecular flexibility index (Phi) is 5.49. The van der Waals surface area contributed by atoms with Crippen LogP contribution in [0.3, 0.4) is 0 Å². The van der Waals surface area contributed by atoms with E-state index in [1.165, 1.54) is 0 Å². The van der Waals surface area contributed by atoms with Crippen LogP contribution in [0.5, 0.6) is 11.5 Å². The van der Waals surface area contributed by atoms with E-state index >= 15 is 0 Å². The maximum absolute atomic E-state index is 13.6. The van der Waals surface area contributed by atoms with Crippen molar-refractivity contribution in [3.63, 3.8) is 0 Å². The Bertz CT molecular complexity index is 1610. The minimum atomic E-state index is -0.396. The molecule has 176 valence electrons. The summed E-state index contributed by atoms with van der Waals surface area (Å²) in [5, 5.41) is 2.91. The number of hydrogen-bond donors (Lipinski definition) is 2. The topological polar surface area (TPSA) is 104 Å². The third-order valence-electron chi connectivity index (χ3n) is 6.11. The highest BCUT2D eigenvalue weighted by Crippen LogP contribution is 2.34. The maximum atomic E-state index is 13.6. The van der Waals surface area contributed by atoms with Gasteiger partial charge in [-0.2, -0.15) is 0 Å². The summed E-state index contributed by atoms with van der Waals surface area (Å²) in [4.78, 5) is 23.2. The molecule has 3 N–H and O–H groups in total. The fraction of sp³-hybridized carbons (Fsp3) is 0.148. The summed E-state index contributed by atoms with van der Waals surface area (Å²) >= 11 is 0. The van der Waals surface area contributed by atoms with Crippen molar-refractivity contribution in [2.45, 2.75) is 13.8 Å². The van der Waals surface area contributed by atoms with Gasteiger partial charge in [0.05, 0.1) is 25.3 Å². The molecule has 0 radical (unpaired) electrons. The Balaban J connectivity index is 1.70. The Morgan fingerprint density at radius 3 is 2.29 bits per heavy atom. The second-order valence-corrected chi connectivity index (χ2v) is 8.27. The summed E-state index contributed by atoms with van der Waals surface area (Å²) in [6.45, 7) is 4.08. The summed E-state index contributed by atoms with van der Waals surface area (Å²) in [5.74, 6) is 0.929. The lowest BCUT2D eigenvalue weighted by molar-refractivity contribution is 0.102. The molecule has 0 aliphatic carbocycles. The molecule has 2 heterocycles. The van der Waals surface area contributed by atoms with Crippen LogP contribution in [0.2, 0.25) is 0 Å². The molecule has 0 aliphatic heterocycles. The molecule has 5 aromatic rings. The molecule has 0 unspecified atom stereocenters. The van der Waals surface area contributed by atoms with E-state index < -0.39 is 5.91 Å². The van der Waals surface area contributed by atoms with Crippen LogP contribution in [0.1, 0.15) is 21.5 Å². The van der Waals surface area contributed by atoms with Gasteiger partial charge in [0.1, 0.15) is 16.9 Å². The largest absolute Gasteiger partial charge is 0.493 e. The summed E-state index contributed by atoms with van der Waals surface area (Å²) in [6, 6.07) is 18.7. The van der Waals surface area contributed by atoms with Gasteiger partial charge in [-0.05, 0) is 61.4 Å². The smallest absolute Gasteiger partial charge is 0.261 e. The van der Waals surface area contributed by atoms with Crippen molar-refractivity contribution in [1.82, 2.24) is 14.5 Å². The first-order chi connectivity index (χ1) is 16.9. The first kappa shape index (κ1) is 22.2. The second kappa shape index (κ2) is 8.64.